The van der Waals surface area contributed by atoms with Crippen LogP contribution in [0.15, 0.2) is 79.0 Å². The minimum absolute atomic E-state index is 0.156. The molecule has 0 unspecified atom stereocenters. The van der Waals surface area contributed by atoms with E-state index in [4.69, 9.17) is 28.9 Å². The van der Waals surface area contributed by atoms with Crippen LogP contribution in [-0.2, 0) is 6.54 Å². The van der Waals surface area contributed by atoms with Gasteiger partial charge in [-0.05, 0) is 42.0 Å². The lowest BCUT2D eigenvalue weighted by Crippen LogP contribution is -2.02. The van der Waals surface area contributed by atoms with Crippen molar-refractivity contribution in [2.45, 2.75) is 6.54 Å². The monoisotopic (exact) mass is 508 g/mol. The van der Waals surface area contributed by atoms with Gasteiger partial charge in [0.15, 0.2) is 0 Å². The number of allylic oxidation sites excluding steroid dienone is 1. The molecule has 2 heterocycles. The second-order valence-electron chi connectivity index (χ2n) is 8.10. The molecule has 0 saturated carbocycles. The molecule has 5 aromatic rings. The fraction of sp³-hybridized carbons (Fsp3) is 0.0357. The fourth-order valence-electron chi connectivity index (χ4n) is 4.16. The second-order valence-corrected chi connectivity index (χ2v) is 8.95. The Morgan fingerprint density at radius 1 is 1.00 bits per heavy atom. The molecule has 8 heteroatoms. The van der Waals surface area contributed by atoms with Crippen LogP contribution in [0.25, 0.3) is 28.2 Å². The largest absolute Gasteiger partial charge is 0.382 e. The van der Waals surface area contributed by atoms with Crippen LogP contribution < -0.4 is 5.73 Å². The van der Waals surface area contributed by atoms with Gasteiger partial charge in [0.1, 0.15) is 29.2 Å². The van der Waals surface area contributed by atoms with Gasteiger partial charge in [-0.15, -0.1) is 0 Å². The summed E-state index contributed by atoms with van der Waals surface area (Å²) in [6.07, 6.45) is 3.69. The summed E-state index contributed by atoms with van der Waals surface area (Å²) in [6, 6.07) is 26.9. The Hall–Kier alpha value is -4.49. The van der Waals surface area contributed by atoms with E-state index in [1.807, 2.05) is 66.9 Å². The predicted octanol–water partition coefficient (Wildman–Crippen LogP) is 6.70. The SMILES string of the molecule is N#C/C(=C\c1cn(Cc2ccc(Cl)cc2Cl)c2ccccc12)c1nn(-c2ccccc2)c(N)c1C#N. The highest BCUT2D eigenvalue weighted by Crippen LogP contribution is 2.31. The van der Waals surface area contributed by atoms with Crippen LogP contribution in [0.1, 0.15) is 22.4 Å². The molecule has 3 aromatic carbocycles. The number of nitriles is 2. The van der Waals surface area contributed by atoms with E-state index >= 15 is 0 Å². The second kappa shape index (κ2) is 9.64. The van der Waals surface area contributed by atoms with Crippen molar-refractivity contribution in [3.63, 3.8) is 0 Å². The number of hydrogen-bond donors (Lipinski definition) is 1. The van der Waals surface area contributed by atoms with E-state index < -0.39 is 0 Å². The minimum Gasteiger partial charge on any atom is -0.382 e. The number of benzene rings is 3. The summed E-state index contributed by atoms with van der Waals surface area (Å²) in [5.74, 6) is 0.180. The molecule has 0 aliphatic heterocycles. The first-order chi connectivity index (χ1) is 17.5. The van der Waals surface area contributed by atoms with Gasteiger partial charge in [0.2, 0.25) is 0 Å². The van der Waals surface area contributed by atoms with Crippen molar-refractivity contribution in [2.75, 3.05) is 5.73 Å². The van der Waals surface area contributed by atoms with Crippen molar-refractivity contribution >= 4 is 51.6 Å². The van der Waals surface area contributed by atoms with Gasteiger partial charge in [-0.1, -0.05) is 65.7 Å². The van der Waals surface area contributed by atoms with E-state index in [0.29, 0.717) is 22.3 Å². The molecule has 0 atom stereocenters. The topological polar surface area (TPSA) is 96.3 Å². The smallest absolute Gasteiger partial charge is 0.145 e. The number of rotatable bonds is 5. The molecule has 174 valence electrons. The zero-order chi connectivity index (χ0) is 25.2. The highest BCUT2D eigenvalue weighted by Gasteiger charge is 2.20. The van der Waals surface area contributed by atoms with E-state index in [0.717, 1.165) is 22.0 Å². The summed E-state index contributed by atoms with van der Waals surface area (Å²) in [5, 5.41) is 26.5. The Morgan fingerprint density at radius 2 is 1.75 bits per heavy atom. The molecule has 0 spiro atoms. The number of aromatic nitrogens is 3. The van der Waals surface area contributed by atoms with Crippen LogP contribution in [0, 0.1) is 22.7 Å². The number of anilines is 1. The van der Waals surface area contributed by atoms with Gasteiger partial charge in [-0.3, -0.25) is 0 Å². The third-order valence-corrected chi connectivity index (χ3v) is 6.47. The molecule has 0 bridgehead atoms. The van der Waals surface area contributed by atoms with Crippen LogP contribution in [0.5, 0.6) is 0 Å². The van der Waals surface area contributed by atoms with Crippen LogP contribution >= 0.6 is 23.2 Å². The molecule has 0 radical (unpaired) electrons. The zero-order valence-corrected chi connectivity index (χ0v) is 20.4. The number of halogens is 2. The molecule has 36 heavy (non-hydrogen) atoms. The molecule has 0 amide bonds. The highest BCUT2D eigenvalue weighted by atomic mass is 35.5. The van der Waals surface area contributed by atoms with Crippen LogP contribution in [-0.4, -0.2) is 14.3 Å². The molecule has 6 nitrogen and oxygen atoms in total. The Kier molecular flexibility index (Phi) is 6.23. The molecular formula is C28H18Cl2N6. The van der Waals surface area contributed by atoms with E-state index in [-0.39, 0.29) is 22.6 Å². The first-order valence-electron chi connectivity index (χ1n) is 11.0. The van der Waals surface area contributed by atoms with Gasteiger partial charge < -0.3 is 10.3 Å². The quantitative estimate of drug-likeness (QED) is 0.267. The van der Waals surface area contributed by atoms with Crippen molar-refractivity contribution in [3.8, 4) is 17.8 Å². The van der Waals surface area contributed by atoms with Gasteiger partial charge in [-0.25, -0.2) is 4.68 Å². The van der Waals surface area contributed by atoms with Gasteiger partial charge >= 0.3 is 0 Å². The number of nitrogen functional groups attached to an aromatic ring is 1. The number of nitrogens with zero attached hydrogens (tertiary/aromatic N) is 5. The van der Waals surface area contributed by atoms with Crippen LogP contribution in [0.3, 0.4) is 0 Å². The average molecular weight is 509 g/mol. The Morgan fingerprint density at radius 3 is 2.47 bits per heavy atom. The van der Waals surface area contributed by atoms with Gasteiger partial charge in [0.25, 0.3) is 0 Å². The average Bonchev–Trinajstić information content (AvgIpc) is 3.41. The maximum Gasteiger partial charge on any atom is 0.145 e. The lowest BCUT2D eigenvalue weighted by Gasteiger charge is -2.08. The van der Waals surface area contributed by atoms with Gasteiger partial charge in [0.05, 0.1) is 11.3 Å². The summed E-state index contributed by atoms with van der Waals surface area (Å²) in [6.45, 7) is 0.519. The summed E-state index contributed by atoms with van der Waals surface area (Å²) in [7, 11) is 0. The van der Waals surface area contributed by atoms with E-state index in [9.17, 15) is 10.5 Å². The van der Waals surface area contributed by atoms with Crippen LogP contribution in [0.2, 0.25) is 10.0 Å². The molecule has 0 fully saturated rings. The van der Waals surface area contributed by atoms with Crippen molar-refractivity contribution in [3.05, 3.63) is 111 Å². The lowest BCUT2D eigenvalue weighted by molar-refractivity contribution is 0.836. The van der Waals surface area contributed by atoms with Crippen LogP contribution in [0.4, 0.5) is 5.82 Å². The molecule has 5 rings (SSSR count). The lowest BCUT2D eigenvalue weighted by atomic mass is 10.1. The number of fused-ring (bicyclic) bond motifs is 1. The van der Waals surface area contributed by atoms with E-state index in [2.05, 4.69) is 21.8 Å². The fourth-order valence-corrected chi connectivity index (χ4v) is 4.63. The zero-order valence-electron chi connectivity index (χ0n) is 18.9. The predicted molar refractivity (Wildman–Crippen MR) is 144 cm³/mol. The normalized spacial score (nSPS) is 11.4. The Bertz CT molecular complexity index is 1720. The maximum absolute atomic E-state index is 10.1. The third kappa shape index (κ3) is 4.21. The Labute approximate surface area is 217 Å². The molecule has 2 N–H and O–H groups in total. The van der Waals surface area contributed by atoms with E-state index in [1.54, 1.807) is 18.2 Å². The number of para-hydroxylation sites is 2. The van der Waals surface area contributed by atoms with Gasteiger partial charge in [0, 0.05) is 39.3 Å². The summed E-state index contributed by atoms with van der Waals surface area (Å²) >= 11 is 12.5. The maximum atomic E-state index is 10.1. The van der Waals surface area contributed by atoms with Crippen molar-refractivity contribution in [1.29, 1.82) is 10.5 Å². The molecule has 0 aliphatic rings. The Balaban J connectivity index is 1.63. The van der Waals surface area contributed by atoms with Crippen molar-refractivity contribution in [1.82, 2.24) is 14.3 Å². The third-order valence-electron chi connectivity index (χ3n) is 5.88. The summed E-state index contributed by atoms with van der Waals surface area (Å²) in [4.78, 5) is 0. The molecule has 0 saturated heterocycles. The first kappa shape index (κ1) is 23.3. The van der Waals surface area contributed by atoms with Crippen molar-refractivity contribution < 1.29 is 0 Å². The van der Waals surface area contributed by atoms with E-state index in [1.165, 1.54) is 4.68 Å². The molecule has 0 aliphatic carbocycles. The molecule has 2 aromatic heterocycles. The van der Waals surface area contributed by atoms with Crippen molar-refractivity contribution in [2.24, 2.45) is 0 Å². The summed E-state index contributed by atoms with van der Waals surface area (Å²) < 4.78 is 3.54. The number of nitrogens with two attached hydrogens (primary N) is 1. The van der Waals surface area contributed by atoms with Gasteiger partial charge in [-0.2, -0.15) is 15.6 Å². The standard InChI is InChI=1S/C28H18Cl2N6/c29-21-11-10-18(25(30)13-21)16-35-17-20(23-8-4-5-9-26(23)35)12-19(14-31)27-24(15-32)28(33)36(34-27)22-6-2-1-3-7-22/h1-13,17H,16,33H2/b19-12+. The first-order valence-corrected chi connectivity index (χ1v) is 11.7. The summed E-state index contributed by atoms with van der Waals surface area (Å²) in [5.41, 5.74) is 10.3. The highest BCUT2D eigenvalue weighted by molar-refractivity contribution is 6.35. The minimum atomic E-state index is 0.156. The molecular weight excluding hydrogens is 491 g/mol. The number of hydrogen-bond acceptors (Lipinski definition) is 4.